The molecule has 0 aliphatic carbocycles. The van der Waals surface area contributed by atoms with Gasteiger partial charge in [0.1, 0.15) is 5.75 Å². The maximum atomic E-state index is 10.3. The summed E-state index contributed by atoms with van der Waals surface area (Å²) in [5, 5.41) is 13.6. The highest BCUT2D eigenvalue weighted by Crippen LogP contribution is 2.17. The standard InChI is InChI=1S/C17H21NO2/c1-13(17(19)15-6-4-3-5-7-15)18-12-14-8-10-16(20-2)11-9-14/h3-11,13,17-19H,12H2,1-2H3/t13-,17-/m0/s1. The zero-order chi connectivity index (χ0) is 14.4. The van der Waals surface area contributed by atoms with Crippen LogP contribution in [0.4, 0.5) is 0 Å². The van der Waals surface area contributed by atoms with Crippen LogP contribution in [0.3, 0.4) is 0 Å². The van der Waals surface area contributed by atoms with Gasteiger partial charge in [-0.3, -0.25) is 0 Å². The summed E-state index contributed by atoms with van der Waals surface area (Å²) in [5.74, 6) is 0.853. The number of benzene rings is 2. The van der Waals surface area contributed by atoms with Gasteiger partial charge in [0.15, 0.2) is 0 Å². The summed E-state index contributed by atoms with van der Waals surface area (Å²) in [4.78, 5) is 0. The smallest absolute Gasteiger partial charge is 0.118 e. The predicted molar refractivity (Wildman–Crippen MR) is 80.7 cm³/mol. The Morgan fingerprint density at radius 3 is 2.30 bits per heavy atom. The average Bonchev–Trinajstić information content (AvgIpc) is 2.53. The number of methoxy groups -OCH3 is 1. The van der Waals surface area contributed by atoms with Gasteiger partial charge in [0.2, 0.25) is 0 Å². The summed E-state index contributed by atoms with van der Waals surface area (Å²) in [6.07, 6.45) is -0.505. The monoisotopic (exact) mass is 271 g/mol. The minimum atomic E-state index is -0.505. The van der Waals surface area contributed by atoms with Gasteiger partial charge < -0.3 is 15.2 Å². The average molecular weight is 271 g/mol. The van der Waals surface area contributed by atoms with Gasteiger partial charge in [-0.15, -0.1) is 0 Å². The normalized spacial score (nSPS) is 13.8. The second-order valence-electron chi connectivity index (χ2n) is 4.87. The molecule has 0 aliphatic heterocycles. The first-order chi connectivity index (χ1) is 9.70. The molecule has 0 spiro atoms. The third-order valence-corrected chi connectivity index (χ3v) is 3.40. The van der Waals surface area contributed by atoms with Crippen molar-refractivity contribution in [3.05, 3.63) is 65.7 Å². The van der Waals surface area contributed by atoms with Crippen molar-refractivity contribution >= 4 is 0 Å². The summed E-state index contributed by atoms with van der Waals surface area (Å²) in [6.45, 7) is 2.70. The van der Waals surface area contributed by atoms with Crippen LogP contribution in [-0.2, 0) is 6.54 Å². The van der Waals surface area contributed by atoms with Crippen molar-refractivity contribution in [3.63, 3.8) is 0 Å². The Balaban J connectivity index is 1.89. The third-order valence-electron chi connectivity index (χ3n) is 3.40. The van der Waals surface area contributed by atoms with Crippen LogP contribution in [0.25, 0.3) is 0 Å². The molecule has 2 atom stereocenters. The minimum absolute atomic E-state index is 0.0144. The lowest BCUT2D eigenvalue weighted by molar-refractivity contribution is 0.135. The summed E-state index contributed by atoms with van der Waals surface area (Å²) >= 11 is 0. The molecule has 0 saturated heterocycles. The first kappa shape index (κ1) is 14.6. The molecule has 0 amide bonds. The van der Waals surface area contributed by atoms with Gasteiger partial charge >= 0.3 is 0 Å². The van der Waals surface area contributed by atoms with Crippen molar-refractivity contribution in [2.45, 2.75) is 25.6 Å². The van der Waals surface area contributed by atoms with Crippen molar-refractivity contribution in [1.29, 1.82) is 0 Å². The number of ether oxygens (including phenoxy) is 1. The fourth-order valence-corrected chi connectivity index (χ4v) is 2.07. The molecule has 0 bridgehead atoms. The fraction of sp³-hybridized carbons (Fsp3) is 0.294. The molecular formula is C17H21NO2. The van der Waals surface area contributed by atoms with E-state index in [1.807, 2.05) is 61.5 Å². The Morgan fingerprint density at radius 1 is 1.05 bits per heavy atom. The molecule has 0 unspecified atom stereocenters. The zero-order valence-electron chi connectivity index (χ0n) is 11.9. The Labute approximate surface area is 120 Å². The number of hydrogen-bond donors (Lipinski definition) is 2. The fourth-order valence-electron chi connectivity index (χ4n) is 2.07. The lowest BCUT2D eigenvalue weighted by atomic mass is 10.0. The van der Waals surface area contributed by atoms with Crippen molar-refractivity contribution in [3.8, 4) is 5.75 Å². The van der Waals surface area contributed by atoms with Crippen LogP contribution >= 0.6 is 0 Å². The van der Waals surface area contributed by atoms with E-state index in [1.54, 1.807) is 7.11 Å². The highest BCUT2D eigenvalue weighted by molar-refractivity contribution is 5.27. The minimum Gasteiger partial charge on any atom is -0.497 e. The Kier molecular flexibility index (Phi) is 5.16. The summed E-state index contributed by atoms with van der Waals surface area (Å²) < 4.78 is 5.13. The first-order valence-electron chi connectivity index (χ1n) is 6.80. The van der Waals surface area contributed by atoms with Gasteiger partial charge in [-0.25, -0.2) is 0 Å². The summed E-state index contributed by atoms with van der Waals surface area (Å²) in [5.41, 5.74) is 2.10. The lowest BCUT2D eigenvalue weighted by Crippen LogP contribution is -2.31. The van der Waals surface area contributed by atoms with Crippen LogP contribution in [0, 0.1) is 0 Å². The van der Waals surface area contributed by atoms with Crippen molar-refractivity contribution in [1.82, 2.24) is 5.32 Å². The highest BCUT2D eigenvalue weighted by atomic mass is 16.5. The Bertz CT molecular complexity index is 510. The molecule has 3 nitrogen and oxygen atoms in total. The molecule has 2 aromatic rings. The highest BCUT2D eigenvalue weighted by Gasteiger charge is 2.15. The van der Waals surface area contributed by atoms with Crippen molar-refractivity contribution in [2.75, 3.05) is 7.11 Å². The molecule has 0 aromatic heterocycles. The third kappa shape index (κ3) is 3.83. The van der Waals surface area contributed by atoms with Crippen molar-refractivity contribution in [2.24, 2.45) is 0 Å². The van der Waals surface area contributed by atoms with Crippen LogP contribution in [0.1, 0.15) is 24.2 Å². The second kappa shape index (κ2) is 7.08. The molecule has 0 saturated carbocycles. The lowest BCUT2D eigenvalue weighted by Gasteiger charge is -2.20. The quantitative estimate of drug-likeness (QED) is 0.849. The number of nitrogens with one attached hydrogen (secondary N) is 1. The van der Waals surface area contributed by atoms with Gasteiger partial charge in [-0.05, 0) is 30.2 Å². The Hall–Kier alpha value is -1.84. The van der Waals surface area contributed by atoms with E-state index in [0.29, 0.717) is 0 Å². The van der Waals surface area contributed by atoms with Gasteiger partial charge in [-0.1, -0.05) is 42.5 Å². The van der Waals surface area contributed by atoms with E-state index < -0.39 is 6.10 Å². The van der Waals surface area contributed by atoms with E-state index in [9.17, 15) is 5.11 Å². The van der Waals surface area contributed by atoms with Crippen LogP contribution in [0.15, 0.2) is 54.6 Å². The molecule has 0 radical (unpaired) electrons. The van der Waals surface area contributed by atoms with E-state index in [-0.39, 0.29) is 6.04 Å². The number of aliphatic hydroxyl groups is 1. The molecule has 106 valence electrons. The molecule has 2 rings (SSSR count). The van der Waals surface area contributed by atoms with E-state index in [2.05, 4.69) is 5.32 Å². The molecule has 20 heavy (non-hydrogen) atoms. The molecule has 2 aromatic carbocycles. The van der Waals surface area contributed by atoms with Crippen molar-refractivity contribution < 1.29 is 9.84 Å². The summed E-state index contributed by atoms with van der Waals surface area (Å²) in [7, 11) is 1.66. The zero-order valence-corrected chi connectivity index (χ0v) is 11.9. The topological polar surface area (TPSA) is 41.5 Å². The second-order valence-corrected chi connectivity index (χ2v) is 4.87. The van der Waals surface area contributed by atoms with Crippen LogP contribution < -0.4 is 10.1 Å². The molecular weight excluding hydrogens is 250 g/mol. The van der Waals surface area contributed by atoms with Crippen LogP contribution in [0.5, 0.6) is 5.75 Å². The maximum Gasteiger partial charge on any atom is 0.118 e. The maximum absolute atomic E-state index is 10.3. The van der Waals surface area contributed by atoms with Gasteiger partial charge in [0.05, 0.1) is 13.2 Å². The SMILES string of the molecule is COc1ccc(CN[C@@H](C)[C@H](O)c2ccccc2)cc1. The number of hydrogen-bond acceptors (Lipinski definition) is 3. The van der Waals surface area contributed by atoms with E-state index in [1.165, 1.54) is 0 Å². The van der Waals surface area contributed by atoms with Gasteiger partial charge in [0.25, 0.3) is 0 Å². The van der Waals surface area contributed by atoms with Gasteiger partial charge in [-0.2, -0.15) is 0 Å². The summed E-state index contributed by atoms with van der Waals surface area (Å²) in [6, 6.07) is 17.6. The predicted octanol–water partition coefficient (Wildman–Crippen LogP) is 2.91. The molecule has 3 heteroatoms. The van der Waals surface area contributed by atoms with E-state index in [4.69, 9.17) is 4.74 Å². The first-order valence-corrected chi connectivity index (χ1v) is 6.80. The number of rotatable bonds is 6. The largest absolute Gasteiger partial charge is 0.497 e. The van der Waals surface area contributed by atoms with Crippen LogP contribution in [0.2, 0.25) is 0 Å². The van der Waals surface area contributed by atoms with Gasteiger partial charge in [0, 0.05) is 12.6 Å². The van der Waals surface area contributed by atoms with Crippen LogP contribution in [-0.4, -0.2) is 18.3 Å². The number of aliphatic hydroxyl groups excluding tert-OH is 1. The van der Waals surface area contributed by atoms with E-state index >= 15 is 0 Å². The Morgan fingerprint density at radius 2 is 1.70 bits per heavy atom. The molecule has 2 N–H and O–H groups in total. The molecule has 0 heterocycles. The van der Waals surface area contributed by atoms with E-state index in [0.717, 1.165) is 23.4 Å². The molecule has 0 fully saturated rings. The molecule has 0 aliphatic rings.